The molecule has 3 rings (SSSR count). The Morgan fingerprint density at radius 2 is 1.91 bits per heavy atom. The van der Waals surface area contributed by atoms with Gasteiger partial charge in [-0.3, -0.25) is 4.90 Å². The van der Waals surface area contributed by atoms with Crippen LogP contribution in [0.2, 0.25) is 5.02 Å². The topological polar surface area (TPSA) is 52.7 Å². The molecular weight excluding hydrogens is 364 g/mol. The maximum absolute atomic E-state index is 14.0. The van der Waals surface area contributed by atoms with Gasteiger partial charge in [0.2, 0.25) is 10.0 Å². The molecular formula is C14H20Cl2FN3O2S. The van der Waals surface area contributed by atoms with E-state index in [0.717, 1.165) is 19.5 Å². The zero-order valence-corrected chi connectivity index (χ0v) is 14.9. The zero-order valence-electron chi connectivity index (χ0n) is 12.5. The summed E-state index contributed by atoms with van der Waals surface area (Å²) >= 11 is 5.69. The van der Waals surface area contributed by atoms with Gasteiger partial charge < -0.3 is 5.32 Å². The molecule has 1 atom stereocenters. The molecule has 130 valence electrons. The third-order valence-electron chi connectivity index (χ3n) is 4.36. The van der Waals surface area contributed by atoms with E-state index in [1.807, 2.05) is 0 Å². The fourth-order valence-electron chi connectivity index (χ4n) is 3.08. The van der Waals surface area contributed by atoms with Gasteiger partial charge in [0.05, 0.1) is 5.02 Å². The summed E-state index contributed by atoms with van der Waals surface area (Å²) in [6.07, 6.45) is 1.09. The molecule has 2 saturated heterocycles. The van der Waals surface area contributed by atoms with E-state index in [2.05, 4.69) is 10.2 Å². The third kappa shape index (κ3) is 3.81. The number of nitrogens with one attached hydrogen (secondary N) is 1. The van der Waals surface area contributed by atoms with Gasteiger partial charge >= 0.3 is 0 Å². The van der Waals surface area contributed by atoms with Crippen molar-refractivity contribution >= 4 is 34.0 Å². The summed E-state index contributed by atoms with van der Waals surface area (Å²) in [6.45, 7) is 4.07. The van der Waals surface area contributed by atoms with E-state index >= 15 is 0 Å². The minimum atomic E-state index is -3.83. The molecule has 0 amide bonds. The second-order valence-corrected chi connectivity index (χ2v) is 7.95. The largest absolute Gasteiger partial charge is 0.315 e. The molecule has 0 spiro atoms. The normalized spacial score (nSPS) is 23.7. The number of rotatable bonds is 3. The molecule has 0 saturated carbocycles. The molecule has 0 radical (unpaired) electrons. The number of hydrogen-bond donors (Lipinski definition) is 1. The lowest BCUT2D eigenvalue weighted by molar-refractivity contribution is 0.145. The number of nitrogens with zero attached hydrogens (tertiary/aromatic N) is 2. The molecule has 1 aromatic carbocycles. The van der Waals surface area contributed by atoms with Crippen molar-refractivity contribution in [1.29, 1.82) is 0 Å². The van der Waals surface area contributed by atoms with Crippen LogP contribution in [-0.2, 0) is 10.0 Å². The van der Waals surface area contributed by atoms with Crippen molar-refractivity contribution < 1.29 is 12.8 Å². The van der Waals surface area contributed by atoms with Gasteiger partial charge in [0.1, 0.15) is 4.90 Å². The Labute approximate surface area is 147 Å². The van der Waals surface area contributed by atoms with Crippen LogP contribution < -0.4 is 5.32 Å². The second-order valence-electron chi connectivity index (χ2n) is 5.64. The molecule has 23 heavy (non-hydrogen) atoms. The number of benzene rings is 1. The van der Waals surface area contributed by atoms with Gasteiger partial charge in [-0.25, -0.2) is 12.8 Å². The van der Waals surface area contributed by atoms with Crippen molar-refractivity contribution in [3.05, 3.63) is 29.0 Å². The fraction of sp³-hybridized carbons (Fsp3) is 0.571. The quantitative estimate of drug-likeness (QED) is 0.860. The molecule has 1 unspecified atom stereocenters. The van der Waals surface area contributed by atoms with Crippen molar-refractivity contribution in [1.82, 2.24) is 14.5 Å². The Morgan fingerprint density at radius 3 is 2.52 bits per heavy atom. The van der Waals surface area contributed by atoms with Crippen LogP contribution in [-0.4, -0.2) is 62.9 Å². The molecule has 5 nitrogen and oxygen atoms in total. The van der Waals surface area contributed by atoms with Crippen LogP contribution in [0, 0.1) is 5.82 Å². The maximum Gasteiger partial charge on any atom is 0.246 e. The van der Waals surface area contributed by atoms with Gasteiger partial charge in [-0.1, -0.05) is 17.7 Å². The average Bonchev–Trinajstić information content (AvgIpc) is 3.04. The average molecular weight is 384 g/mol. The van der Waals surface area contributed by atoms with Gasteiger partial charge in [-0.15, -0.1) is 12.4 Å². The van der Waals surface area contributed by atoms with Gasteiger partial charge in [-0.05, 0) is 25.1 Å². The van der Waals surface area contributed by atoms with Crippen LogP contribution in [0.15, 0.2) is 23.1 Å². The van der Waals surface area contributed by atoms with E-state index in [1.165, 1.54) is 22.5 Å². The Kier molecular flexibility index (Phi) is 6.27. The SMILES string of the molecule is Cl.O=S(=O)(c1cccc(Cl)c1F)N1CCN(C2CCNC2)CC1. The van der Waals surface area contributed by atoms with Gasteiger partial charge in [0, 0.05) is 38.8 Å². The van der Waals surface area contributed by atoms with Crippen molar-refractivity contribution in [3.63, 3.8) is 0 Å². The Balaban J connectivity index is 0.00000192. The van der Waals surface area contributed by atoms with Gasteiger partial charge in [-0.2, -0.15) is 4.31 Å². The first-order chi connectivity index (χ1) is 10.5. The molecule has 1 N–H and O–H groups in total. The lowest BCUT2D eigenvalue weighted by Crippen LogP contribution is -2.52. The number of halogens is 3. The Hall–Kier alpha value is -0.440. The number of sulfonamides is 1. The van der Waals surface area contributed by atoms with Gasteiger partial charge in [0.15, 0.2) is 5.82 Å². The highest BCUT2D eigenvalue weighted by atomic mass is 35.5. The molecule has 2 heterocycles. The molecule has 0 bridgehead atoms. The van der Waals surface area contributed by atoms with Crippen molar-refractivity contribution in [2.45, 2.75) is 17.4 Å². The highest BCUT2D eigenvalue weighted by Gasteiger charge is 2.33. The number of piperazine rings is 1. The van der Waals surface area contributed by atoms with E-state index in [4.69, 9.17) is 11.6 Å². The highest BCUT2D eigenvalue weighted by molar-refractivity contribution is 7.89. The predicted molar refractivity (Wildman–Crippen MR) is 90.3 cm³/mol. The fourth-order valence-corrected chi connectivity index (χ4v) is 4.82. The molecule has 1 aromatic rings. The van der Waals surface area contributed by atoms with Crippen LogP contribution in [0.3, 0.4) is 0 Å². The highest BCUT2D eigenvalue weighted by Crippen LogP contribution is 2.26. The molecule has 0 aromatic heterocycles. The molecule has 0 aliphatic carbocycles. The van der Waals surface area contributed by atoms with E-state index in [9.17, 15) is 12.8 Å². The third-order valence-corrected chi connectivity index (χ3v) is 6.57. The summed E-state index contributed by atoms with van der Waals surface area (Å²) < 4.78 is 40.5. The maximum atomic E-state index is 14.0. The Morgan fingerprint density at radius 1 is 1.22 bits per heavy atom. The van der Waals surface area contributed by atoms with E-state index in [1.54, 1.807) is 0 Å². The molecule has 2 fully saturated rings. The minimum absolute atomic E-state index is 0. The summed E-state index contributed by atoms with van der Waals surface area (Å²) in [4.78, 5) is 1.97. The van der Waals surface area contributed by atoms with E-state index in [0.29, 0.717) is 32.2 Å². The first-order valence-corrected chi connectivity index (χ1v) is 9.21. The summed E-state index contributed by atoms with van der Waals surface area (Å²) in [5.41, 5.74) is 0. The summed E-state index contributed by atoms with van der Waals surface area (Å²) in [6, 6.07) is 4.55. The lowest BCUT2D eigenvalue weighted by atomic mass is 10.2. The van der Waals surface area contributed by atoms with Crippen LogP contribution in [0.1, 0.15) is 6.42 Å². The minimum Gasteiger partial charge on any atom is -0.315 e. The zero-order chi connectivity index (χ0) is 15.7. The van der Waals surface area contributed by atoms with Crippen molar-refractivity contribution in [2.75, 3.05) is 39.3 Å². The molecule has 9 heteroatoms. The summed E-state index contributed by atoms with van der Waals surface area (Å²) in [5, 5.41) is 3.14. The first kappa shape index (κ1) is 18.9. The van der Waals surface area contributed by atoms with Crippen LogP contribution in [0.4, 0.5) is 4.39 Å². The summed E-state index contributed by atoms with van der Waals surface area (Å²) in [5.74, 6) is -0.869. The summed E-state index contributed by atoms with van der Waals surface area (Å²) in [7, 11) is -3.83. The molecule has 2 aliphatic heterocycles. The second kappa shape index (κ2) is 7.63. The van der Waals surface area contributed by atoms with Crippen LogP contribution in [0.25, 0.3) is 0 Å². The predicted octanol–water partition coefficient (Wildman–Crippen LogP) is 1.57. The smallest absolute Gasteiger partial charge is 0.246 e. The first-order valence-electron chi connectivity index (χ1n) is 7.39. The van der Waals surface area contributed by atoms with Gasteiger partial charge in [0.25, 0.3) is 0 Å². The standard InChI is InChI=1S/C14H19ClFN3O2S.ClH/c15-12-2-1-3-13(14(12)16)22(20,21)19-8-6-18(7-9-19)11-4-5-17-10-11;/h1-3,11,17H,4-10H2;1H. The van der Waals surface area contributed by atoms with Crippen LogP contribution in [0.5, 0.6) is 0 Å². The van der Waals surface area contributed by atoms with Crippen molar-refractivity contribution in [2.24, 2.45) is 0 Å². The van der Waals surface area contributed by atoms with Crippen molar-refractivity contribution in [3.8, 4) is 0 Å². The van der Waals surface area contributed by atoms with E-state index < -0.39 is 15.8 Å². The number of hydrogen-bond acceptors (Lipinski definition) is 4. The molecule has 2 aliphatic rings. The van der Waals surface area contributed by atoms with Crippen LogP contribution >= 0.6 is 24.0 Å². The monoisotopic (exact) mass is 383 g/mol. The van der Waals surface area contributed by atoms with E-state index in [-0.39, 0.29) is 22.3 Å². The lowest BCUT2D eigenvalue weighted by Gasteiger charge is -2.37. The Bertz CT molecular complexity index is 645.